The molecule has 4 atom stereocenters. The van der Waals surface area contributed by atoms with E-state index in [1.807, 2.05) is 24.3 Å². The Hall–Kier alpha value is -3.37. The van der Waals surface area contributed by atoms with Crippen LogP contribution in [-0.4, -0.2) is 92.7 Å². The van der Waals surface area contributed by atoms with Crippen LogP contribution in [0.15, 0.2) is 36.9 Å². The molecule has 218 valence electrons. The minimum atomic E-state index is -3.69. The van der Waals surface area contributed by atoms with Crippen molar-refractivity contribution >= 4 is 38.7 Å². The molecule has 0 unspecified atom stereocenters. The fourth-order valence-corrected chi connectivity index (χ4v) is 5.32. The second-order valence-electron chi connectivity index (χ2n) is 10.8. The maximum atomic E-state index is 12.5. The Kier molecular flexibility index (Phi) is 8.60. The number of nitrogens with two attached hydrogens (primary N) is 1. The van der Waals surface area contributed by atoms with Crippen molar-refractivity contribution < 1.29 is 28.2 Å². The van der Waals surface area contributed by atoms with Gasteiger partial charge in [0.25, 0.3) is 0 Å². The van der Waals surface area contributed by atoms with Gasteiger partial charge in [-0.2, -0.15) is 4.31 Å². The van der Waals surface area contributed by atoms with Gasteiger partial charge in [-0.1, -0.05) is 32.9 Å². The zero-order valence-corrected chi connectivity index (χ0v) is 23.7. The van der Waals surface area contributed by atoms with Gasteiger partial charge in [-0.05, 0) is 29.5 Å². The number of aliphatic hydroxyl groups is 2. The highest BCUT2D eigenvalue weighted by Crippen LogP contribution is 2.32. The molecule has 0 bridgehead atoms. The van der Waals surface area contributed by atoms with Crippen molar-refractivity contribution in [2.45, 2.75) is 57.1 Å². The smallest absolute Gasteiger partial charge is 0.319 e. The molecule has 1 saturated heterocycles. The van der Waals surface area contributed by atoms with E-state index in [4.69, 9.17) is 10.5 Å². The van der Waals surface area contributed by atoms with Crippen LogP contribution in [0.2, 0.25) is 0 Å². The number of hydrogen-bond acceptors (Lipinski definition) is 10. The highest BCUT2D eigenvalue weighted by atomic mass is 32.2. The van der Waals surface area contributed by atoms with Crippen molar-refractivity contribution in [2.75, 3.05) is 36.9 Å². The Balaban J connectivity index is 1.31. The number of aromatic nitrogens is 4. The number of rotatable bonds is 9. The number of nitrogens with one attached hydrogen (secondary N) is 2. The van der Waals surface area contributed by atoms with Crippen LogP contribution in [0.25, 0.3) is 11.2 Å². The number of hydrogen-bond donors (Lipinski definition) is 5. The number of sulfonamides is 1. The topological polar surface area (TPSA) is 198 Å². The van der Waals surface area contributed by atoms with E-state index in [0.717, 1.165) is 16.1 Å². The van der Waals surface area contributed by atoms with Crippen LogP contribution < -0.4 is 16.4 Å². The quantitative estimate of drug-likeness (QED) is 0.227. The van der Waals surface area contributed by atoms with Crippen LogP contribution in [0.1, 0.15) is 39.0 Å². The van der Waals surface area contributed by atoms with Gasteiger partial charge < -0.3 is 31.3 Å². The fourth-order valence-electron chi connectivity index (χ4n) is 4.45. The van der Waals surface area contributed by atoms with Gasteiger partial charge in [0.05, 0.1) is 12.6 Å². The third-order valence-corrected chi connectivity index (χ3v) is 8.00. The Labute approximate surface area is 232 Å². The molecule has 40 heavy (non-hydrogen) atoms. The monoisotopic (exact) mass is 576 g/mol. The summed E-state index contributed by atoms with van der Waals surface area (Å²) < 4.78 is 33.4. The van der Waals surface area contributed by atoms with Crippen molar-refractivity contribution in [1.29, 1.82) is 0 Å². The Bertz CT molecular complexity index is 1440. The number of aliphatic hydroxyl groups excluding tert-OH is 2. The molecule has 0 aliphatic carbocycles. The highest BCUT2D eigenvalue weighted by molar-refractivity contribution is 7.88. The summed E-state index contributed by atoms with van der Waals surface area (Å²) >= 11 is 0. The Morgan fingerprint density at radius 1 is 1.15 bits per heavy atom. The van der Waals surface area contributed by atoms with Crippen molar-refractivity contribution in [2.24, 2.45) is 0 Å². The molecular weight excluding hydrogens is 540 g/mol. The van der Waals surface area contributed by atoms with Gasteiger partial charge in [-0.3, -0.25) is 4.57 Å². The largest absolute Gasteiger partial charge is 0.387 e. The zero-order valence-electron chi connectivity index (χ0n) is 22.9. The molecule has 6 N–H and O–H groups in total. The normalized spacial score (nSPS) is 21.7. The number of urea groups is 1. The van der Waals surface area contributed by atoms with Gasteiger partial charge in [-0.15, -0.1) is 0 Å². The number of carbonyl (C=O) groups excluding carboxylic acids is 1. The summed E-state index contributed by atoms with van der Waals surface area (Å²) in [6.07, 6.45) is -0.881. The zero-order chi connectivity index (χ0) is 29.2. The summed E-state index contributed by atoms with van der Waals surface area (Å²) in [4.78, 5) is 24.4. The van der Waals surface area contributed by atoms with Crippen molar-refractivity contribution in [1.82, 2.24) is 29.1 Å². The van der Waals surface area contributed by atoms with Gasteiger partial charge in [0.1, 0.15) is 30.2 Å². The second-order valence-corrected chi connectivity index (χ2v) is 12.8. The van der Waals surface area contributed by atoms with Gasteiger partial charge >= 0.3 is 6.03 Å². The van der Waals surface area contributed by atoms with E-state index in [9.17, 15) is 23.4 Å². The third-order valence-electron chi connectivity index (χ3n) is 6.73. The first kappa shape index (κ1) is 29.6. The van der Waals surface area contributed by atoms with Gasteiger partial charge in [-0.25, -0.2) is 28.2 Å². The highest BCUT2D eigenvalue weighted by Gasteiger charge is 2.45. The van der Waals surface area contributed by atoms with E-state index in [1.165, 1.54) is 17.2 Å². The van der Waals surface area contributed by atoms with Crippen molar-refractivity contribution in [3.63, 3.8) is 0 Å². The molecule has 3 aromatic rings. The van der Waals surface area contributed by atoms with E-state index < -0.39 is 40.6 Å². The molecule has 1 aromatic carbocycles. The van der Waals surface area contributed by atoms with Gasteiger partial charge in [0, 0.05) is 25.3 Å². The van der Waals surface area contributed by atoms with Crippen LogP contribution in [0, 0.1) is 0 Å². The molecule has 14 nitrogen and oxygen atoms in total. The van der Waals surface area contributed by atoms with Gasteiger partial charge in [0.15, 0.2) is 17.7 Å². The molecule has 1 fully saturated rings. The van der Waals surface area contributed by atoms with E-state index >= 15 is 0 Å². The first-order valence-electron chi connectivity index (χ1n) is 12.8. The summed E-state index contributed by atoms with van der Waals surface area (Å²) in [5.74, 6) is 0.150. The standard InChI is InChI=1S/C25H36N8O6S/c1-25(2,3)15-6-8-16(9-7-15)31-24(36)27-10-5-11-32(40(4,37)38)12-17-19(34)20(35)23(39-17)33-14-30-18-21(26)28-13-29-22(18)33/h6-9,13-14,17,19-20,23,34-35H,5,10-12H2,1-4H3,(H2,26,28,29)(H2,27,31,36)/t17-,19+,20-,23-/m1/s1. The van der Waals surface area contributed by atoms with Gasteiger partial charge in [0.2, 0.25) is 10.0 Å². The molecule has 15 heteroatoms. The number of carbonyl (C=O) groups is 1. The van der Waals surface area contributed by atoms with E-state index in [1.54, 1.807) is 0 Å². The summed E-state index contributed by atoms with van der Waals surface area (Å²) in [6.45, 7) is 6.38. The molecule has 2 amide bonds. The molecule has 0 saturated carbocycles. The predicted octanol–water partition coefficient (Wildman–Crippen LogP) is 0.799. The molecule has 2 aromatic heterocycles. The van der Waals surface area contributed by atoms with Crippen LogP contribution in [0.4, 0.5) is 16.3 Å². The van der Waals surface area contributed by atoms with Crippen LogP contribution in [0.5, 0.6) is 0 Å². The lowest BCUT2D eigenvalue weighted by Crippen LogP contribution is -2.43. The molecule has 4 rings (SSSR count). The first-order chi connectivity index (χ1) is 18.8. The summed E-state index contributed by atoms with van der Waals surface area (Å²) in [5, 5.41) is 26.8. The number of nitrogen functional groups attached to an aromatic ring is 1. The number of nitrogens with zero attached hydrogens (tertiary/aromatic N) is 5. The fraction of sp³-hybridized carbons (Fsp3) is 0.520. The minimum Gasteiger partial charge on any atom is -0.387 e. The summed E-state index contributed by atoms with van der Waals surface area (Å²) in [5.41, 5.74) is 8.23. The average Bonchev–Trinajstić information content (AvgIpc) is 3.42. The van der Waals surface area contributed by atoms with Crippen LogP contribution in [-0.2, 0) is 20.2 Å². The lowest BCUT2D eigenvalue weighted by atomic mass is 9.87. The number of ether oxygens (including phenoxy) is 1. The Morgan fingerprint density at radius 3 is 2.50 bits per heavy atom. The number of fused-ring (bicyclic) bond motifs is 1. The summed E-state index contributed by atoms with van der Waals surface area (Å²) in [7, 11) is -3.69. The predicted molar refractivity (Wildman–Crippen MR) is 149 cm³/mol. The van der Waals surface area contributed by atoms with Crippen molar-refractivity contribution in [3.8, 4) is 0 Å². The maximum absolute atomic E-state index is 12.5. The molecule has 1 aliphatic rings. The Morgan fingerprint density at radius 2 is 1.85 bits per heavy atom. The molecule has 0 radical (unpaired) electrons. The number of imidazole rings is 1. The molecule has 0 spiro atoms. The lowest BCUT2D eigenvalue weighted by molar-refractivity contribution is -0.0386. The van der Waals surface area contributed by atoms with E-state index in [2.05, 4.69) is 46.4 Å². The number of anilines is 2. The van der Waals surface area contributed by atoms with E-state index in [-0.39, 0.29) is 30.9 Å². The van der Waals surface area contributed by atoms with Crippen molar-refractivity contribution in [3.05, 3.63) is 42.5 Å². The average molecular weight is 577 g/mol. The van der Waals surface area contributed by atoms with E-state index in [0.29, 0.717) is 23.3 Å². The first-order valence-corrected chi connectivity index (χ1v) is 14.7. The summed E-state index contributed by atoms with van der Waals surface area (Å²) in [6, 6.07) is 7.16. The lowest BCUT2D eigenvalue weighted by Gasteiger charge is -2.24. The molecule has 1 aliphatic heterocycles. The van der Waals surface area contributed by atoms with Crippen LogP contribution >= 0.6 is 0 Å². The second kappa shape index (κ2) is 11.6. The minimum absolute atomic E-state index is 0.00218. The van der Waals surface area contributed by atoms with Crippen LogP contribution in [0.3, 0.4) is 0 Å². The molecular formula is C25H36N8O6S. The number of benzene rings is 1. The molecule has 3 heterocycles. The third kappa shape index (κ3) is 6.67. The number of amides is 2. The maximum Gasteiger partial charge on any atom is 0.319 e. The SMILES string of the molecule is CC(C)(C)c1ccc(NC(=O)NCCCN(C[C@H]2O[C@@H](n3cnc4c(N)ncnc43)[C@H](O)[C@H]2O)S(C)(=O)=O)cc1.